The molecule has 6 nitrogen and oxygen atoms in total. The molecule has 1 aromatic carbocycles. The van der Waals surface area contributed by atoms with Crippen LogP contribution in [0.4, 0.5) is 0 Å². The predicted molar refractivity (Wildman–Crippen MR) is 85.8 cm³/mol. The monoisotopic (exact) mass is 317 g/mol. The van der Waals surface area contributed by atoms with E-state index >= 15 is 0 Å². The molecule has 6 heteroatoms. The number of rotatable bonds is 2. The largest absolute Gasteiger partial charge is 0.497 e. The van der Waals surface area contributed by atoms with Crippen LogP contribution in [0, 0.1) is 0 Å². The molecular formula is C17H23N3O3. The highest BCUT2D eigenvalue weighted by molar-refractivity contribution is 5.94. The van der Waals surface area contributed by atoms with Crippen LogP contribution in [-0.2, 0) is 4.74 Å². The quantitative estimate of drug-likeness (QED) is 0.844. The van der Waals surface area contributed by atoms with Crippen molar-refractivity contribution in [1.82, 2.24) is 15.1 Å². The molecule has 0 saturated carbocycles. The molecule has 23 heavy (non-hydrogen) atoms. The number of hydrogen-bond donors (Lipinski definition) is 1. The van der Waals surface area contributed by atoms with Gasteiger partial charge in [-0.2, -0.15) is 0 Å². The number of amides is 1. The van der Waals surface area contributed by atoms with Gasteiger partial charge in [0.15, 0.2) is 0 Å². The van der Waals surface area contributed by atoms with Crippen LogP contribution in [-0.4, -0.2) is 80.3 Å². The third-order valence-electron chi connectivity index (χ3n) is 5.27. The number of nitrogens with zero attached hydrogens (tertiary/aromatic N) is 2. The molecule has 1 atom stereocenters. The summed E-state index contributed by atoms with van der Waals surface area (Å²) in [7, 11) is 1.62. The Labute approximate surface area is 136 Å². The second-order valence-corrected chi connectivity index (χ2v) is 6.67. The van der Waals surface area contributed by atoms with E-state index in [1.165, 1.54) is 0 Å². The van der Waals surface area contributed by atoms with Gasteiger partial charge in [0.25, 0.3) is 5.91 Å². The van der Waals surface area contributed by atoms with Crippen molar-refractivity contribution in [1.29, 1.82) is 0 Å². The van der Waals surface area contributed by atoms with Gasteiger partial charge in [-0.05, 0) is 18.2 Å². The minimum absolute atomic E-state index is 0.0837. The zero-order valence-corrected chi connectivity index (χ0v) is 13.5. The average Bonchev–Trinajstić information content (AvgIpc) is 2.58. The summed E-state index contributed by atoms with van der Waals surface area (Å²) in [4.78, 5) is 17.5. The lowest BCUT2D eigenvalue weighted by molar-refractivity contribution is -0.123. The van der Waals surface area contributed by atoms with Gasteiger partial charge in [0.05, 0.1) is 31.9 Å². The lowest BCUT2D eigenvalue weighted by atomic mass is 9.84. The van der Waals surface area contributed by atoms with E-state index in [1.54, 1.807) is 7.11 Å². The fraction of sp³-hybridized carbons (Fsp3) is 0.588. The van der Waals surface area contributed by atoms with Crippen molar-refractivity contribution in [2.24, 2.45) is 0 Å². The van der Waals surface area contributed by atoms with Gasteiger partial charge in [0.2, 0.25) is 0 Å². The Balaban J connectivity index is 1.57. The molecule has 0 aliphatic carbocycles. The molecule has 3 aliphatic rings. The highest BCUT2D eigenvalue weighted by atomic mass is 16.5. The van der Waals surface area contributed by atoms with Crippen molar-refractivity contribution >= 4 is 5.91 Å². The zero-order valence-electron chi connectivity index (χ0n) is 13.5. The number of methoxy groups -OCH3 is 1. The molecule has 3 heterocycles. The Morgan fingerprint density at radius 1 is 1.43 bits per heavy atom. The molecule has 124 valence electrons. The number of morpholine rings is 1. The summed E-state index contributed by atoms with van der Waals surface area (Å²) in [5.41, 5.74) is 0.776. The second-order valence-electron chi connectivity index (χ2n) is 6.67. The molecule has 0 radical (unpaired) electrons. The first kappa shape index (κ1) is 14.9. The molecule has 1 amide bonds. The summed E-state index contributed by atoms with van der Waals surface area (Å²) in [6, 6.07) is 7.71. The average molecular weight is 317 g/mol. The van der Waals surface area contributed by atoms with Gasteiger partial charge in [0.1, 0.15) is 5.75 Å². The van der Waals surface area contributed by atoms with Gasteiger partial charge in [-0.25, -0.2) is 0 Å². The normalized spacial score (nSPS) is 26.5. The maximum absolute atomic E-state index is 13.0. The Hall–Kier alpha value is -1.63. The summed E-state index contributed by atoms with van der Waals surface area (Å²) in [6.45, 7) is 5.89. The fourth-order valence-corrected chi connectivity index (χ4v) is 4.02. The van der Waals surface area contributed by atoms with E-state index in [9.17, 15) is 4.79 Å². The number of carbonyl (C=O) groups is 1. The number of fused-ring (bicyclic) bond motifs is 2. The van der Waals surface area contributed by atoms with E-state index in [0.29, 0.717) is 18.2 Å². The van der Waals surface area contributed by atoms with Crippen LogP contribution in [0.1, 0.15) is 10.4 Å². The summed E-state index contributed by atoms with van der Waals surface area (Å²) in [5.74, 6) is 0.802. The van der Waals surface area contributed by atoms with Crippen LogP contribution in [0.3, 0.4) is 0 Å². The first-order valence-corrected chi connectivity index (χ1v) is 8.20. The minimum Gasteiger partial charge on any atom is -0.497 e. The third kappa shape index (κ3) is 2.51. The molecule has 1 N–H and O–H groups in total. The topological polar surface area (TPSA) is 54.0 Å². The number of piperazine rings is 1. The van der Waals surface area contributed by atoms with Crippen molar-refractivity contribution in [2.45, 2.75) is 11.6 Å². The summed E-state index contributed by atoms with van der Waals surface area (Å²) in [5, 5.41) is 3.38. The lowest BCUT2D eigenvalue weighted by Crippen LogP contribution is -2.80. The Morgan fingerprint density at radius 2 is 2.30 bits per heavy atom. The van der Waals surface area contributed by atoms with Crippen molar-refractivity contribution in [3.63, 3.8) is 0 Å². The fourth-order valence-electron chi connectivity index (χ4n) is 4.02. The van der Waals surface area contributed by atoms with Crippen molar-refractivity contribution in [3.8, 4) is 5.75 Å². The van der Waals surface area contributed by atoms with Gasteiger partial charge in [-0.1, -0.05) is 6.07 Å². The smallest absolute Gasteiger partial charge is 0.254 e. The van der Waals surface area contributed by atoms with E-state index in [4.69, 9.17) is 9.47 Å². The maximum atomic E-state index is 13.0. The number of hydrogen-bond acceptors (Lipinski definition) is 5. The van der Waals surface area contributed by atoms with Gasteiger partial charge in [-0.3, -0.25) is 9.69 Å². The number of nitrogens with one attached hydrogen (secondary N) is 1. The summed E-state index contributed by atoms with van der Waals surface area (Å²) in [6.07, 6.45) is 0. The highest BCUT2D eigenvalue weighted by Gasteiger charge is 2.51. The van der Waals surface area contributed by atoms with Gasteiger partial charge in [0, 0.05) is 38.3 Å². The van der Waals surface area contributed by atoms with Gasteiger partial charge < -0.3 is 19.7 Å². The first-order chi connectivity index (χ1) is 11.2. The van der Waals surface area contributed by atoms with E-state index in [2.05, 4.69) is 10.2 Å². The van der Waals surface area contributed by atoms with Crippen LogP contribution in [0.2, 0.25) is 0 Å². The van der Waals surface area contributed by atoms with E-state index in [0.717, 1.165) is 45.1 Å². The second kappa shape index (κ2) is 5.78. The Bertz CT molecular complexity index is 603. The molecule has 3 fully saturated rings. The molecule has 0 bridgehead atoms. The molecule has 1 spiro atoms. The molecule has 4 rings (SSSR count). The Morgan fingerprint density at radius 3 is 3.04 bits per heavy atom. The van der Waals surface area contributed by atoms with Crippen molar-refractivity contribution < 1.29 is 14.3 Å². The van der Waals surface area contributed by atoms with Crippen LogP contribution in [0.25, 0.3) is 0 Å². The Kier molecular flexibility index (Phi) is 3.75. The molecule has 0 unspecified atom stereocenters. The lowest BCUT2D eigenvalue weighted by Gasteiger charge is -2.60. The van der Waals surface area contributed by atoms with Crippen molar-refractivity contribution in [3.05, 3.63) is 29.8 Å². The van der Waals surface area contributed by atoms with Crippen LogP contribution < -0.4 is 10.1 Å². The van der Waals surface area contributed by atoms with Gasteiger partial charge >= 0.3 is 0 Å². The summed E-state index contributed by atoms with van der Waals surface area (Å²) >= 11 is 0. The van der Waals surface area contributed by atoms with E-state index in [-0.39, 0.29) is 11.4 Å². The molecule has 0 aromatic heterocycles. The van der Waals surface area contributed by atoms with E-state index < -0.39 is 0 Å². The standard InChI is InChI=1S/C17H23N3O3/c1-22-15-4-2-3-13(7-15)16(21)19-8-14-9-23-6-5-20(14)17(12-19)10-18-11-17/h2-4,7,14,18H,5-6,8-12H2,1H3/t14-/m1/s1. The van der Waals surface area contributed by atoms with Crippen LogP contribution >= 0.6 is 0 Å². The number of ether oxygens (including phenoxy) is 2. The highest BCUT2D eigenvalue weighted by Crippen LogP contribution is 2.32. The molecule has 3 aliphatic heterocycles. The predicted octanol–water partition coefficient (Wildman–Crippen LogP) is 0.194. The van der Waals surface area contributed by atoms with Crippen LogP contribution in [0.5, 0.6) is 5.75 Å². The zero-order chi connectivity index (χ0) is 15.9. The van der Waals surface area contributed by atoms with E-state index in [1.807, 2.05) is 29.2 Å². The molecular weight excluding hydrogens is 294 g/mol. The minimum atomic E-state index is 0.0837. The number of carbonyl (C=O) groups excluding carboxylic acids is 1. The maximum Gasteiger partial charge on any atom is 0.254 e. The van der Waals surface area contributed by atoms with Gasteiger partial charge in [-0.15, -0.1) is 0 Å². The first-order valence-electron chi connectivity index (χ1n) is 8.20. The SMILES string of the molecule is COc1cccc(C(=O)N2C[C@@H]3COCCN3C3(CNC3)C2)c1. The molecule has 1 aromatic rings. The number of benzene rings is 1. The molecule has 3 saturated heterocycles. The third-order valence-corrected chi connectivity index (χ3v) is 5.27. The van der Waals surface area contributed by atoms with Crippen molar-refractivity contribution in [2.75, 3.05) is 53.0 Å². The summed E-state index contributed by atoms with van der Waals surface area (Å²) < 4.78 is 10.9. The van der Waals surface area contributed by atoms with Crippen LogP contribution in [0.15, 0.2) is 24.3 Å².